The number of hydrogen-bond acceptors (Lipinski definition) is 3. The number of rotatable bonds is 5. The molecule has 0 aliphatic heterocycles. The minimum atomic E-state index is -0.975. The van der Waals surface area contributed by atoms with Gasteiger partial charge in [-0.25, -0.2) is 9.78 Å². The van der Waals surface area contributed by atoms with E-state index in [-0.39, 0.29) is 11.1 Å². The van der Waals surface area contributed by atoms with Crippen molar-refractivity contribution in [3.63, 3.8) is 0 Å². The Bertz CT molecular complexity index is 1260. The van der Waals surface area contributed by atoms with Crippen molar-refractivity contribution < 1.29 is 9.90 Å². The van der Waals surface area contributed by atoms with E-state index in [9.17, 15) is 9.59 Å². The van der Waals surface area contributed by atoms with Crippen LogP contribution in [0, 0.1) is 0 Å². The van der Waals surface area contributed by atoms with Crippen LogP contribution in [0.4, 0.5) is 0 Å². The van der Waals surface area contributed by atoms with Gasteiger partial charge in [0.2, 0.25) is 0 Å². The van der Waals surface area contributed by atoms with Crippen LogP contribution in [0.15, 0.2) is 83.9 Å². The smallest absolute Gasteiger partial charge is 0.335 e. The molecule has 1 N–H and O–H groups in total. The maximum Gasteiger partial charge on any atom is 0.335 e. The molecule has 0 atom stereocenters. The van der Waals surface area contributed by atoms with Crippen LogP contribution < -0.4 is 5.56 Å². The maximum atomic E-state index is 12.9. The molecule has 4 aromatic rings. The first-order chi connectivity index (χ1) is 14.1. The molecule has 0 amide bonds. The molecule has 3 aromatic carbocycles. The fourth-order valence-electron chi connectivity index (χ4n) is 3.10. The van der Waals surface area contributed by atoms with Gasteiger partial charge in [0.1, 0.15) is 0 Å². The van der Waals surface area contributed by atoms with Gasteiger partial charge in [0.25, 0.3) is 5.56 Å². The fraction of sp³-hybridized carbons (Fsp3) is 0.0417. The van der Waals surface area contributed by atoms with Crippen LogP contribution in [0.1, 0.15) is 27.0 Å². The molecule has 0 spiro atoms. The number of carboxylic acids is 1. The number of aromatic nitrogens is 2. The van der Waals surface area contributed by atoms with E-state index in [1.54, 1.807) is 12.1 Å². The van der Waals surface area contributed by atoms with Gasteiger partial charge in [0, 0.05) is 0 Å². The average Bonchev–Trinajstić information content (AvgIpc) is 2.75. The minimum absolute atomic E-state index is 0.132. The molecule has 0 saturated heterocycles. The molecule has 29 heavy (non-hydrogen) atoms. The van der Waals surface area contributed by atoms with Crippen molar-refractivity contribution in [2.24, 2.45) is 0 Å². The molecule has 142 valence electrons. The highest BCUT2D eigenvalue weighted by atomic mass is 16.4. The molecule has 4 rings (SSSR count). The van der Waals surface area contributed by atoms with E-state index >= 15 is 0 Å². The highest BCUT2D eigenvalue weighted by molar-refractivity contribution is 5.87. The van der Waals surface area contributed by atoms with E-state index in [4.69, 9.17) is 5.11 Å². The van der Waals surface area contributed by atoms with Gasteiger partial charge in [-0.2, -0.15) is 0 Å². The van der Waals surface area contributed by atoms with Crippen molar-refractivity contribution in [2.75, 3.05) is 0 Å². The molecule has 0 saturated carbocycles. The third-order valence-corrected chi connectivity index (χ3v) is 4.67. The molecule has 0 bridgehead atoms. The quantitative estimate of drug-likeness (QED) is 0.522. The molecule has 0 aliphatic carbocycles. The first kappa shape index (κ1) is 18.4. The standard InChI is InChI=1S/C24H18N2O3/c27-23-21-14-18(7-6-17-4-2-1-3-5-17)10-13-22(21)25-16-26(23)15-19-8-11-20(12-9-19)24(28)29/h1-14,16H,15H2,(H,28,29)/b7-6+. The zero-order valence-electron chi connectivity index (χ0n) is 15.5. The fourth-order valence-corrected chi connectivity index (χ4v) is 3.10. The highest BCUT2D eigenvalue weighted by Gasteiger charge is 2.07. The van der Waals surface area contributed by atoms with Crippen molar-refractivity contribution in [1.82, 2.24) is 9.55 Å². The summed E-state index contributed by atoms with van der Waals surface area (Å²) in [5, 5.41) is 9.55. The second-order valence-corrected chi connectivity index (χ2v) is 6.70. The number of benzene rings is 3. The van der Waals surface area contributed by atoms with Gasteiger partial charge in [0.05, 0.1) is 29.3 Å². The predicted molar refractivity (Wildman–Crippen MR) is 114 cm³/mol. The first-order valence-corrected chi connectivity index (χ1v) is 9.15. The lowest BCUT2D eigenvalue weighted by Crippen LogP contribution is -2.21. The van der Waals surface area contributed by atoms with Crippen molar-refractivity contribution in [2.45, 2.75) is 6.54 Å². The van der Waals surface area contributed by atoms with Gasteiger partial charge in [-0.05, 0) is 41.0 Å². The summed E-state index contributed by atoms with van der Waals surface area (Å²) in [6, 6.07) is 22.0. The summed E-state index contributed by atoms with van der Waals surface area (Å²) in [5.41, 5.74) is 3.56. The van der Waals surface area contributed by atoms with Crippen LogP contribution in [0.5, 0.6) is 0 Å². The zero-order valence-corrected chi connectivity index (χ0v) is 15.5. The topological polar surface area (TPSA) is 72.2 Å². The Morgan fingerprint density at radius 1 is 0.931 bits per heavy atom. The van der Waals surface area contributed by atoms with E-state index in [0.717, 1.165) is 16.7 Å². The van der Waals surface area contributed by atoms with Crippen LogP contribution in [0.2, 0.25) is 0 Å². The summed E-state index contributed by atoms with van der Waals surface area (Å²) in [6.07, 6.45) is 5.49. The summed E-state index contributed by atoms with van der Waals surface area (Å²) in [6.45, 7) is 0.325. The summed E-state index contributed by atoms with van der Waals surface area (Å²) in [7, 11) is 0. The molecule has 0 aliphatic rings. The lowest BCUT2D eigenvalue weighted by atomic mass is 10.1. The largest absolute Gasteiger partial charge is 0.478 e. The Morgan fingerprint density at radius 2 is 1.66 bits per heavy atom. The Balaban J connectivity index is 1.64. The van der Waals surface area contributed by atoms with Gasteiger partial charge in [-0.1, -0.05) is 60.7 Å². The van der Waals surface area contributed by atoms with Crippen LogP contribution in [0.3, 0.4) is 0 Å². The predicted octanol–water partition coefficient (Wildman–Crippen LogP) is 4.31. The van der Waals surface area contributed by atoms with Gasteiger partial charge >= 0.3 is 5.97 Å². The average molecular weight is 382 g/mol. The summed E-state index contributed by atoms with van der Waals surface area (Å²) >= 11 is 0. The van der Waals surface area contributed by atoms with Crippen LogP contribution in [-0.2, 0) is 6.54 Å². The third-order valence-electron chi connectivity index (χ3n) is 4.67. The molecule has 1 heterocycles. The molecule has 5 heteroatoms. The van der Waals surface area contributed by atoms with Crippen molar-refractivity contribution in [3.8, 4) is 0 Å². The SMILES string of the molecule is O=C(O)c1ccc(Cn2cnc3ccc(/C=C/c4ccccc4)cc3c2=O)cc1. The molecule has 1 aromatic heterocycles. The Kier molecular flexibility index (Phi) is 5.03. The number of aromatic carboxylic acids is 1. The van der Waals surface area contributed by atoms with Crippen molar-refractivity contribution in [3.05, 3.63) is 112 Å². The number of nitrogens with zero attached hydrogens (tertiary/aromatic N) is 2. The van der Waals surface area contributed by atoms with E-state index in [2.05, 4.69) is 4.98 Å². The highest BCUT2D eigenvalue weighted by Crippen LogP contribution is 2.14. The minimum Gasteiger partial charge on any atom is -0.478 e. The number of carboxylic acid groups (broad SMARTS) is 1. The van der Waals surface area contributed by atoms with Crippen LogP contribution >= 0.6 is 0 Å². The number of fused-ring (bicyclic) bond motifs is 1. The Hall–Kier alpha value is -3.99. The second kappa shape index (κ2) is 7.94. The van der Waals surface area contributed by atoms with Gasteiger partial charge in [-0.3, -0.25) is 9.36 Å². The summed E-state index contributed by atoms with van der Waals surface area (Å²) < 4.78 is 1.53. The van der Waals surface area contributed by atoms with E-state index in [1.165, 1.54) is 23.0 Å². The van der Waals surface area contributed by atoms with E-state index in [1.807, 2.05) is 60.7 Å². The maximum absolute atomic E-state index is 12.9. The summed E-state index contributed by atoms with van der Waals surface area (Å²) in [5.74, 6) is -0.975. The molecule has 0 fully saturated rings. The van der Waals surface area contributed by atoms with E-state index in [0.29, 0.717) is 17.4 Å². The van der Waals surface area contributed by atoms with Gasteiger partial charge in [-0.15, -0.1) is 0 Å². The van der Waals surface area contributed by atoms with E-state index < -0.39 is 5.97 Å². The monoisotopic (exact) mass is 382 g/mol. The lowest BCUT2D eigenvalue weighted by Gasteiger charge is -2.08. The van der Waals surface area contributed by atoms with Crippen LogP contribution in [0.25, 0.3) is 23.1 Å². The number of carbonyl (C=O) groups is 1. The molecular formula is C24H18N2O3. The molecular weight excluding hydrogens is 364 g/mol. The van der Waals surface area contributed by atoms with Crippen molar-refractivity contribution in [1.29, 1.82) is 0 Å². The van der Waals surface area contributed by atoms with Gasteiger partial charge < -0.3 is 5.11 Å². The van der Waals surface area contributed by atoms with Crippen LogP contribution in [-0.4, -0.2) is 20.6 Å². The zero-order chi connectivity index (χ0) is 20.2. The molecule has 0 radical (unpaired) electrons. The first-order valence-electron chi connectivity index (χ1n) is 9.15. The summed E-state index contributed by atoms with van der Waals surface area (Å²) in [4.78, 5) is 28.3. The molecule has 0 unspecified atom stereocenters. The second-order valence-electron chi connectivity index (χ2n) is 6.70. The Morgan fingerprint density at radius 3 is 2.38 bits per heavy atom. The lowest BCUT2D eigenvalue weighted by molar-refractivity contribution is 0.0697. The number of hydrogen-bond donors (Lipinski definition) is 1. The molecule has 5 nitrogen and oxygen atoms in total. The normalized spacial score (nSPS) is 11.2. The van der Waals surface area contributed by atoms with Crippen molar-refractivity contribution >= 4 is 29.0 Å². The van der Waals surface area contributed by atoms with Gasteiger partial charge in [0.15, 0.2) is 0 Å². The third kappa shape index (κ3) is 4.14. The Labute approximate surface area is 167 Å².